The van der Waals surface area contributed by atoms with Crippen LogP contribution in [0.5, 0.6) is 0 Å². The summed E-state index contributed by atoms with van der Waals surface area (Å²) in [4.78, 5) is 23.0. The Morgan fingerprint density at radius 1 is 1.50 bits per heavy atom. The predicted molar refractivity (Wildman–Crippen MR) is 70.2 cm³/mol. The summed E-state index contributed by atoms with van der Waals surface area (Å²) in [6.07, 6.45) is 2.36. The largest absolute Gasteiger partial charge is 0.370 e. The number of carbonyl (C=O) groups is 2. The molecule has 0 saturated carbocycles. The lowest BCUT2D eigenvalue weighted by molar-refractivity contribution is -0.134. The summed E-state index contributed by atoms with van der Waals surface area (Å²) in [5, 5.41) is 10.9. The number of hydrogen-bond acceptors (Lipinski definition) is 6. The molecule has 18 heavy (non-hydrogen) atoms. The fourth-order valence-electron chi connectivity index (χ4n) is 2.16. The van der Waals surface area contributed by atoms with Crippen LogP contribution in [0.25, 0.3) is 0 Å². The summed E-state index contributed by atoms with van der Waals surface area (Å²) in [5.74, 6) is 5.93. The van der Waals surface area contributed by atoms with Crippen molar-refractivity contribution in [3.05, 3.63) is 0 Å². The number of hydrogen-bond donors (Lipinski definition) is 3. The van der Waals surface area contributed by atoms with Crippen LogP contribution in [0, 0.1) is 0 Å². The molecule has 6 nitrogen and oxygen atoms in total. The molecule has 0 aromatic carbocycles. The molecule has 5 N–H and O–H groups in total. The molecule has 1 fully saturated rings. The fourth-order valence-corrected chi connectivity index (χ4v) is 3.40. The molecule has 2 atom stereocenters. The van der Waals surface area contributed by atoms with Gasteiger partial charge in [0.1, 0.15) is 5.54 Å². The van der Waals surface area contributed by atoms with Gasteiger partial charge in [-0.05, 0) is 19.3 Å². The van der Waals surface area contributed by atoms with Crippen molar-refractivity contribution in [1.29, 1.82) is 0 Å². The lowest BCUT2D eigenvalue weighted by atomic mass is 9.87. The molecule has 1 rings (SSSR count). The number of carbonyl (C=O) groups excluding carboxylic acids is 2. The number of aliphatic hydroxyl groups is 1. The quantitative estimate of drug-likeness (QED) is 0.562. The average molecular weight is 275 g/mol. The Kier molecular flexibility index (Phi) is 5.58. The molecule has 1 unspecified atom stereocenters. The van der Waals surface area contributed by atoms with Gasteiger partial charge in [0.2, 0.25) is 5.91 Å². The van der Waals surface area contributed by atoms with Gasteiger partial charge in [-0.1, -0.05) is 6.92 Å². The zero-order valence-corrected chi connectivity index (χ0v) is 11.4. The maximum Gasteiger partial charge on any atom is 0.217 e. The van der Waals surface area contributed by atoms with Gasteiger partial charge in [0.25, 0.3) is 0 Å². The SMILES string of the molecule is CCCC(=O)C1(CCCC(N)=O)CS[C@H](O)N1N. The van der Waals surface area contributed by atoms with Crippen molar-refractivity contribution in [1.82, 2.24) is 5.01 Å². The highest BCUT2D eigenvalue weighted by molar-refractivity contribution is 8.00. The maximum atomic E-state index is 12.2. The Morgan fingerprint density at radius 3 is 2.61 bits per heavy atom. The average Bonchev–Trinajstić information content (AvgIpc) is 2.58. The van der Waals surface area contributed by atoms with Gasteiger partial charge in [0.05, 0.1) is 0 Å². The molecular weight excluding hydrogens is 254 g/mol. The Bertz CT molecular complexity index is 327. The van der Waals surface area contributed by atoms with Crippen LogP contribution in [-0.4, -0.2) is 38.7 Å². The first-order valence-electron chi connectivity index (χ1n) is 6.09. The van der Waals surface area contributed by atoms with Crippen molar-refractivity contribution >= 4 is 23.5 Å². The van der Waals surface area contributed by atoms with E-state index in [1.54, 1.807) is 0 Å². The molecule has 0 bridgehead atoms. The first-order valence-corrected chi connectivity index (χ1v) is 7.14. The second kappa shape index (κ2) is 6.51. The Hall–Kier alpha value is -0.630. The zero-order valence-electron chi connectivity index (χ0n) is 10.6. The standard InChI is InChI=1S/C11H21N3O3S/c1-2-4-8(15)11(6-3-5-9(12)16)7-18-10(17)14(11)13/h10,17H,2-7,13H2,1H3,(H2,12,16)/t10-,11?/m0/s1. The second-order valence-corrected chi connectivity index (χ2v) is 5.61. The highest BCUT2D eigenvalue weighted by Gasteiger charge is 2.49. The van der Waals surface area contributed by atoms with Gasteiger partial charge in [-0.2, -0.15) is 5.01 Å². The summed E-state index contributed by atoms with van der Waals surface area (Å²) in [5.41, 5.74) is 3.38. The van der Waals surface area contributed by atoms with Crippen LogP contribution in [0.4, 0.5) is 0 Å². The Labute approximate surface area is 111 Å². The van der Waals surface area contributed by atoms with E-state index in [0.717, 1.165) is 6.42 Å². The molecule has 7 heteroatoms. The Morgan fingerprint density at radius 2 is 2.17 bits per heavy atom. The zero-order chi connectivity index (χ0) is 13.8. The lowest BCUT2D eigenvalue weighted by Crippen LogP contribution is -2.58. The summed E-state index contributed by atoms with van der Waals surface area (Å²) in [6, 6.07) is 0. The summed E-state index contributed by atoms with van der Waals surface area (Å²) >= 11 is 1.24. The van der Waals surface area contributed by atoms with Gasteiger partial charge in [0.15, 0.2) is 11.3 Å². The maximum absolute atomic E-state index is 12.2. The minimum Gasteiger partial charge on any atom is -0.370 e. The number of Topliss-reactive ketones (excluding diaryl/α,β-unsaturated/α-hetero) is 1. The topological polar surface area (TPSA) is 110 Å². The first kappa shape index (κ1) is 15.4. The van der Waals surface area contributed by atoms with E-state index >= 15 is 0 Å². The molecule has 0 aromatic heterocycles. The Balaban J connectivity index is 2.75. The number of amides is 1. The number of aliphatic hydroxyl groups excluding tert-OH is 1. The molecule has 1 heterocycles. The van der Waals surface area contributed by atoms with Gasteiger partial charge in [-0.25, -0.2) is 0 Å². The van der Waals surface area contributed by atoms with Crippen LogP contribution in [0.3, 0.4) is 0 Å². The van der Waals surface area contributed by atoms with E-state index in [-0.39, 0.29) is 18.1 Å². The van der Waals surface area contributed by atoms with E-state index in [4.69, 9.17) is 11.6 Å². The minimum atomic E-state index is -0.862. The highest BCUT2D eigenvalue weighted by atomic mass is 32.2. The number of hydrazine groups is 1. The minimum absolute atomic E-state index is 0.0287. The molecule has 0 radical (unpaired) electrons. The number of primary amides is 1. The molecule has 1 aliphatic heterocycles. The van der Waals surface area contributed by atoms with Crippen molar-refractivity contribution in [3.63, 3.8) is 0 Å². The van der Waals surface area contributed by atoms with Gasteiger partial charge >= 0.3 is 0 Å². The third kappa shape index (κ3) is 3.23. The van der Waals surface area contributed by atoms with Gasteiger partial charge in [-0.15, -0.1) is 11.8 Å². The highest BCUT2D eigenvalue weighted by Crippen LogP contribution is 2.38. The lowest BCUT2D eigenvalue weighted by Gasteiger charge is -2.34. The van der Waals surface area contributed by atoms with E-state index in [0.29, 0.717) is 25.0 Å². The summed E-state index contributed by atoms with van der Waals surface area (Å²) in [6.45, 7) is 1.92. The smallest absolute Gasteiger partial charge is 0.217 e. The van der Waals surface area contributed by atoms with E-state index < -0.39 is 11.1 Å². The molecule has 0 spiro atoms. The second-order valence-electron chi connectivity index (χ2n) is 4.57. The predicted octanol–water partition coefficient (Wildman–Crippen LogP) is -0.0516. The van der Waals surface area contributed by atoms with Gasteiger partial charge in [0, 0.05) is 18.6 Å². The van der Waals surface area contributed by atoms with Crippen LogP contribution < -0.4 is 11.6 Å². The van der Waals surface area contributed by atoms with Crippen LogP contribution in [0.15, 0.2) is 0 Å². The van der Waals surface area contributed by atoms with Crippen LogP contribution in [-0.2, 0) is 9.59 Å². The molecule has 0 aromatic rings. The summed E-state index contributed by atoms with van der Waals surface area (Å²) in [7, 11) is 0. The van der Waals surface area contributed by atoms with Gasteiger partial charge in [-0.3, -0.25) is 15.4 Å². The van der Waals surface area contributed by atoms with Crippen molar-refractivity contribution < 1.29 is 14.7 Å². The molecule has 1 amide bonds. The number of nitrogens with two attached hydrogens (primary N) is 2. The van der Waals surface area contributed by atoms with E-state index in [1.165, 1.54) is 16.8 Å². The molecular formula is C11H21N3O3S. The fraction of sp³-hybridized carbons (Fsp3) is 0.818. The molecule has 104 valence electrons. The molecule has 1 aliphatic rings. The van der Waals surface area contributed by atoms with Crippen LogP contribution in [0.2, 0.25) is 0 Å². The number of thioether (sulfide) groups is 1. The third-order valence-electron chi connectivity index (χ3n) is 3.21. The molecule has 1 saturated heterocycles. The van der Waals surface area contributed by atoms with E-state index in [1.807, 2.05) is 6.92 Å². The number of nitrogens with zero attached hydrogens (tertiary/aromatic N) is 1. The van der Waals surface area contributed by atoms with Crippen molar-refractivity contribution in [2.24, 2.45) is 11.6 Å². The molecule has 0 aliphatic carbocycles. The van der Waals surface area contributed by atoms with Crippen molar-refractivity contribution in [2.45, 2.75) is 50.1 Å². The number of rotatable bonds is 7. The van der Waals surface area contributed by atoms with Crippen LogP contribution in [0.1, 0.15) is 39.0 Å². The first-order chi connectivity index (χ1) is 8.44. The van der Waals surface area contributed by atoms with E-state index in [2.05, 4.69) is 0 Å². The normalized spacial score (nSPS) is 28.5. The third-order valence-corrected chi connectivity index (χ3v) is 4.38. The van der Waals surface area contributed by atoms with Crippen molar-refractivity contribution in [3.8, 4) is 0 Å². The van der Waals surface area contributed by atoms with Crippen LogP contribution >= 0.6 is 11.8 Å². The van der Waals surface area contributed by atoms with Gasteiger partial charge < -0.3 is 10.8 Å². The van der Waals surface area contributed by atoms with E-state index in [9.17, 15) is 14.7 Å². The monoisotopic (exact) mass is 275 g/mol. The summed E-state index contributed by atoms with van der Waals surface area (Å²) < 4.78 is 0. The van der Waals surface area contributed by atoms with Crippen molar-refractivity contribution in [2.75, 3.05) is 5.75 Å². The number of ketones is 1.